The van der Waals surface area contributed by atoms with E-state index in [1.165, 1.54) is 38.5 Å². The lowest BCUT2D eigenvalue weighted by atomic mass is 10.1. The second kappa shape index (κ2) is 20.4. The van der Waals surface area contributed by atoms with Gasteiger partial charge in [-0.05, 0) is 51.7 Å². The fourth-order valence-corrected chi connectivity index (χ4v) is 3.36. The Bertz CT molecular complexity index is 399. The van der Waals surface area contributed by atoms with Crippen molar-refractivity contribution in [2.45, 2.75) is 89.7 Å². The molecule has 26 heavy (non-hydrogen) atoms. The van der Waals surface area contributed by atoms with Gasteiger partial charge in [-0.1, -0.05) is 75.5 Å². The van der Waals surface area contributed by atoms with E-state index in [4.69, 9.17) is 4.74 Å². The molecule has 0 amide bonds. The Morgan fingerprint density at radius 2 is 1.42 bits per heavy atom. The maximum atomic E-state index is 11.7. The van der Waals surface area contributed by atoms with Crippen LogP contribution in [0.4, 0.5) is 0 Å². The molecule has 0 aromatic rings. The van der Waals surface area contributed by atoms with Gasteiger partial charge in [-0.25, -0.2) is 0 Å². The summed E-state index contributed by atoms with van der Waals surface area (Å²) in [6.45, 7) is 4.51. The fourth-order valence-electron chi connectivity index (χ4n) is 2.69. The zero-order valence-corrected chi connectivity index (χ0v) is 18.1. The Kier molecular flexibility index (Phi) is 19.6. The predicted molar refractivity (Wildman–Crippen MR) is 118 cm³/mol. The monoisotopic (exact) mass is 380 g/mol. The predicted octanol–water partition coefficient (Wildman–Crippen LogP) is 7.26. The fraction of sp³-hybridized carbons (Fsp3) is 0.696. The number of carbonyl (C=O) groups excluding carboxylic acids is 1. The van der Waals surface area contributed by atoms with Crippen molar-refractivity contribution in [3.8, 4) is 0 Å². The number of carbonyl (C=O) groups is 1. The van der Waals surface area contributed by atoms with E-state index >= 15 is 0 Å². The lowest BCUT2D eigenvalue weighted by Gasteiger charge is -2.12. The molecule has 0 aliphatic heterocycles. The Morgan fingerprint density at radius 1 is 0.846 bits per heavy atom. The lowest BCUT2D eigenvalue weighted by molar-refractivity contribution is -0.142. The van der Waals surface area contributed by atoms with Gasteiger partial charge in [0.15, 0.2) is 0 Å². The van der Waals surface area contributed by atoms with Crippen LogP contribution in [0.3, 0.4) is 0 Å². The molecule has 0 aromatic heterocycles. The molecule has 3 heteroatoms. The number of esters is 1. The summed E-state index contributed by atoms with van der Waals surface area (Å²) in [6.07, 6.45) is 28.4. The molecule has 0 heterocycles. The van der Waals surface area contributed by atoms with E-state index in [1.54, 1.807) is 11.8 Å². The van der Waals surface area contributed by atoms with Crippen molar-refractivity contribution in [2.75, 3.05) is 12.9 Å². The number of hydrogen-bond acceptors (Lipinski definition) is 3. The van der Waals surface area contributed by atoms with E-state index in [0.29, 0.717) is 6.61 Å². The van der Waals surface area contributed by atoms with Gasteiger partial charge < -0.3 is 4.74 Å². The van der Waals surface area contributed by atoms with Crippen LogP contribution < -0.4 is 0 Å². The molecule has 0 saturated carbocycles. The van der Waals surface area contributed by atoms with Crippen LogP contribution in [0.2, 0.25) is 0 Å². The Labute approximate surface area is 166 Å². The van der Waals surface area contributed by atoms with Crippen molar-refractivity contribution in [2.24, 2.45) is 0 Å². The van der Waals surface area contributed by atoms with Gasteiger partial charge in [0.2, 0.25) is 0 Å². The van der Waals surface area contributed by atoms with Crippen molar-refractivity contribution < 1.29 is 9.53 Å². The van der Waals surface area contributed by atoms with Crippen LogP contribution in [-0.4, -0.2) is 24.1 Å². The number of ether oxygens (including phenoxy) is 1. The molecule has 0 aliphatic carbocycles. The second-order valence-corrected chi connectivity index (χ2v) is 7.51. The van der Waals surface area contributed by atoms with E-state index in [-0.39, 0.29) is 11.2 Å². The molecule has 150 valence electrons. The van der Waals surface area contributed by atoms with E-state index < -0.39 is 0 Å². The lowest BCUT2D eigenvalue weighted by Crippen LogP contribution is -2.19. The van der Waals surface area contributed by atoms with E-state index in [2.05, 4.69) is 43.4 Å². The zero-order valence-electron chi connectivity index (χ0n) is 17.3. The van der Waals surface area contributed by atoms with Crippen LogP contribution in [0.25, 0.3) is 0 Å². The molecule has 1 unspecified atom stereocenters. The van der Waals surface area contributed by atoms with Crippen molar-refractivity contribution in [1.29, 1.82) is 0 Å². The first-order valence-corrected chi connectivity index (χ1v) is 11.7. The Balaban J connectivity index is 3.44. The summed E-state index contributed by atoms with van der Waals surface area (Å²) in [5.41, 5.74) is 0. The van der Waals surface area contributed by atoms with Crippen LogP contribution in [0.1, 0.15) is 84.5 Å². The highest BCUT2D eigenvalue weighted by Crippen LogP contribution is 2.18. The van der Waals surface area contributed by atoms with Crippen molar-refractivity contribution in [1.82, 2.24) is 0 Å². The minimum absolute atomic E-state index is 0.0248. The SMILES string of the molecule is CCC=CCC=CCC=CCCCCCCCCC(SC)C(=O)OCC. The van der Waals surface area contributed by atoms with Crippen LogP contribution in [0.5, 0.6) is 0 Å². The van der Waals surface area contributed by atoms with Crippen LogP contribution >= 0.6 is 11.8 Å². The topological polar surface area (TPSA) is 26.3 Å². The first-order valence-electron chi connectivity index (χ1n) is 10.4. The average molecular weight is 381 g/mol. The largest absolute Gasteiger partial charge is 0.465 e. The van der Waals surface area contributed by atoms with Gasteiger partial charge in [-0.15, -0.1) is 0 Å². The van der Waals surface area contributed by atoms with Crippen molar-refractivity contribution in [3.05, 3.63) is 36.5 Å². The number of rotatable bonds is 17. The maximum Gasteiger partial charge on any atom is 0.319 e. The summed E-state index contributed by atoms with van der Waals surface area (Å²) >= 11 is 1.62. The van der Waals surface area contributed by atoms with Crippen molar-refractivity contribution in [3.63, 3.8) is 0 Å². The molecule has 0 fully saturated rings. The van der Waals surface area contributed by atoms with Gasteiger partial charge in [0.25, 0.3) is 0 Å². The molecule has 1 atom stereocenters. The number of hydrogen-bond donors (Lipinski definition) is 0. The molecule has 0 spiro atoms. The first-order chi connectivity index (χ1) is 12.8. The molecule has 0 aromatic carbocycles. The summed E-state index contributed by atoms with van der Waals surface area (Å²) in [5, 5.41) is 0.0248. The van der Waals surface area contributed by atoms with Gasteiger partial charge in [-0.3, -0.25) is 4.79 Å². The molecular weight excluding hydrogens is 340 g/mol. The standard InChI is InChI=1S/C23H40O2S/c1-4-6-7-8-9-10-11-12-13-14-15-16-17-18-19-20-21-22(26-3)23(24)25-5-2/h6-7,9-10,12-13,22H,4-5,8,11,14-21H2,1-3H3. The molecular formula is C23H40O2S. The molecule has 0 bridgehead atoms. The first kappa shape index (κ1) is 25.0. The van der Waals surface area contributed by atoms with E-state index in [0.717, 1.165) is 32.1 Å². The van der Waals surface area contributed by atoms with E-state index in [1.807, 2.05) is 13.2 Å². The number of unbranched alkanes of at least 4 members (excludes halogenated alkanes) is 6. The molecule has 0 N–H and O–H groups in total. The van der Waals surface area contributed by atoms with Crippen molar-refractivity contribution >= 4 is 17.7 Å². The normalized spacial score (nSPS) is 13.2. The number of allylic oxidation sites excluding steroid dienone is 6. The maximum absolute atomic E-state index is 11.7. The minimum Gasteiger partial charge on any atom is -0.465 e. The van der Waals surface area contributed by atoms with Crippen LogP contribution in [0.15, 0.2) is 36.5 Å². The highest BCUT2D eigenvalue weighted by Gasteiger charge is 2.17. The van der Waals surface area contributed by atoms with Gasteiger partial charge in [0, 0.05) is 0 Å². The zero-order chi connectivity index (χ0) is 19.3. The van der Waals surface area contributed by atoms with Gasteiger partial charge >= 0.3 is 5.97 Å². The summed E-state index contributed by atoms with van der Waals surface area (Å²) < 4.78 is 5.10. The van der Waals surface area contributed by atoms with Gasteiger partial charge in [0.05, 0.1) is 6.61 Å². The second-order valence-electron chi connectivity index (χ2n) is 6.47. The van der Waals surface area contributed by atoms with Gasteiger partial charge in [-0.2, -0.15) is 11.8 Å². The summed E-state index contributed by atoms with van der Waals surface area (Å²) in [7, 11) is 0. The van der Waals surface area contributed by atoms with Gasteiger partial charge in [0.1, 0.15) is 5.25 Å². The molecule has 0 radical (unpaired) electrons. The third-order valence-electron chi connectivity index (χ3n) is 4.20. The molecule has 0 rings (SSSR count). The smallest absolute Gasteiger partial charge is 0.319 e. The summed E-state index contributed by atoms with van der Waals surface area (Å²) in [6, 6.07) is 0. The number of thioether (sulfide) groups is 1. The molecule has 0 aliphatic rings. The van der Waals surface area contributed by atoms with Crippen LogP contribution in [0, 0.1) is 0 Å². The summed E-state index contributed by atoms with van der Waals surface area (Å²) in [5.74, 6) is -0.0425. The third-order valence-corrected chi connectivity index (χ3v) is 5.20. The Hall–Kier alpha value is -0.960. The highest BCUT2D eigenvalue weighted by molar-refractivity contribution is 7.99. The third kappa shape index (κ3) is 16.5. The molecule has 0 saturated heterocycles. The quantitative estimate of drug-likeness (QED) is 0.151. The van der Waals surface area contributed by atoms with Crippen LogP contribution in [-0.2, 0) is 9.53 Å². The Morgan fingerprint density at radius 3 is 2.04 bits per heavy atom. The highest BCUT2D eigenvalue weighted by atomic mass is 32.2. The summed E-state index contributed by atoms with van der Waals surface area (Å²) in [4.78, 5) is 11.7. The van der Waals surface area contributed by atoms with E-state index in [9.17, 15) is 4.79 Å². The average Bonchev–Trinajstić information content (AvgIpc) is 2.64. The molecule has 2 nitrogen and oxygen atoms in total. The minimum atomic E-state index is -0.0425.